The molecule has 0 amide bonds. The van der Waals surface area contributed by atoms with Gasteiger partial charge in [0.25, 0.3) is 0 Å². The van der Waals surface area contributed by atoms with Gasteiger partial charge in [-0.3, -0.25) is 10.1 Å². The molecular formula is C22H13ClFN5O3. The van der Waals surface area contributed by atoms with Crippen LogP contribution in [0.5, 0.6) is 0 Å². The number of oxazole rings is 1. The normalized spacial score (nSPS) is 11.1. The maximum absolute atomic E-state index is 14.4. The molecule has 5 aromatic rings. The van der Waals surface area contributed by atoms with Crippen LogP contribution in [0.3, 0.4) is 0 Å². The Morgan fingerprint density at radius 3 is 2.84 bits per heavy atom. The number of benzene rings is 1. The SMILES string of the molecule is COC(=O)c1coc(-c2cnc3ccc(-c4c[nH]nc4-c4cc(Cl)ccc4F)nc3c2)n1. The van der Waals surface area contributed by atoms with E-state index in [-0.39, 0.29) is 17.1 Å². The summed E-state index contributed by atoms with van der Waals surface area (Å²) in [5.41, 5.74) is 3.58. The molecule has 0 aliphatic carbocycles. The fraction of sp³-hybridized carbons (Fsp3) is 0.0455. The Bertz CT molecular complexity index is 1480. The highest BCUT2D eigenvalue weighted by molar-refractivity contribution is 6.30. The molecule has 4 aromatic heterocycles. The Morgan fingerprint density at radius 2 is 2.00 bits per heavy atom. The number of carbonyl (C=O) groups excluding carboxylic acids is 1. The first-order valence-corrected chi connectivity index (χ1v) is 9.72. The van der Waals surface area contributed by atoms with Gasteiger partial charge in [-0.05, 0) is 36.4 Å². The Morgan fingerprint density at radius 1 is 1.12 bits per heavy atom. The summed E-state index contributed by atoms with van der Waals surface area (Å²) in [5.74, 6) is -0.843. The number of methoxy groups -OCH3 is 1. The van der Waals surface area contributed by atoms with E-state index < -0.39 is 11.8 Å². The van der Waals surface area contributed by atoms with Gasteiger partial charge in [0, 0.05) is 28.5 Å². The minimum Gasteiger partial charge on any atom is -0.464 e. The molecule has 0 fully saturated rings. The van der Waals surface area contributed by atoms with Gasteiger partial charge < -0.3 is 9.15 Å². The summed E-state index contributed by atoms with van der Waals surface area (Å²) in [6.45, 7) is 0. The third-order valence-electron chi connectivity index (χ3n) is 4.78. The van der Waals surface area contributed by atoms with Crippen LogP contribution in [-0.4, -0.2) is 38.2 Å². The van der Waals surface area contributed by atoms with Crippen LogP contribution in [0.15, 0.2) is 59.5 Å². The van der Waals surface area contributed by atoms with E-state index in [4.69, 9.17) is 16.0 Å². The maximum Gasteiger partial charge on any atom is 0.360 e. The molecule has 0 saturated heterocycles. The Hall–Kier alpha value is -4.11. The number of aromatic amines is 1. The number of nitrogens with one attached hydrogen (secondary N) is 1. The molecule has 1 N–H and O–H groups in total. The van der Waals surface area contributed by atoms with Crippen LogP contribution in [0.1, 0.15) is 10.5 Å². The van der Waals surface area contributed by atoms with Crippen LogP contribution in [0.25, 0.3) is 45.0 Å². The number of hydrogen-bond acceptors (Lipinski definition) is 7. The first kappa shape index (κ1) is 19.8. The van der Waals surface area contributed by atoms with Crippen LogP contribution in [0.2, 0.25) is 5.02 Å². The lowest BCUT2D eigenvalue weighted by Crippen LogP contribution is -2.01. The molecule has 0 aliphatic rings. The van der Waals surface area contributed by atoms with Crippen LogP contribution < -0.4 is 0 Å². The van der Waals surface area contributed by atoms with Crippen molar-refractivity contribution in [2.45, 2.75) is 0 Å². The summed E-state index contributed by atoms with van der Waals surface area (Å²) in [5, 5.41) is 7.35. The van der Waals surface area contributed by atoms with Gasteiger partial charge in [-0.2, -0.15) is 5.10 Å². The number of carbonyl (C=O) groups is 1. The lowest BCUT2D eigenvalue weighted by Gasteiger charge is -2.06. The zero-order valence-electron chi connectivity index (χ0n) is 16.5. The highest BCUT2D eigenvalue weighted by Crippen LogP contribution is 2.33. The van der Waals surface area contributed by atoms with Crippen LogP contribution in [0, 0.1) is 5.82 Å². The number of halogens is 2. The molecule has 32 heavy (non-hydrogen) atoms. The Kier molecular flexibility index (Phi) is 4.87. The summed E-state index contributed by atoms with van der Waals surface area (Å²) in [4.78, 5) is 24.8. The van der Waals surface area contributed by atoms with Crippen molar-refractivity contribution in [2.75, 3.05) is 7.11 Å². The highest BCUT2D eigenvalue weighted by atomic mass is 35.5. The molecule has 0 unspecified atom stereocenters. The monoisotopic (exact) mass is 449 g/mol. The van der Waals surface area contributed by atoms with Gasteiger partial charge in [0.2, 0.25) is 5.89 Å². The van der Waals surface area contributed by atoms with Gasteiger partial charge >= 0.3 is 5.97 Å². The summed E-state index contributed by atoms with van der Waals surface area (Å²) < 4.78 is 24.4. The molecule has 0 saturated carbocycles. The number of esters is 1. The lowest BCUT2D eigenvalue weighted by molar-refractivity contribution is 0.0594. The van der Waals surface area contributed by atoms with E-state index >= 15 is 0 Å². The number of fused-ring (bicyclic) bond motifs is 1. The number of rotatable bonds is 4. The number of nitrogens with zero attached hydrogens (tertiary/aromatic N) is 4. The van der Waals surface area contributed by atoms with E-state index in [0.29, 0.717) is 38.6 Å². The van der Waals surface area contributed by atoms with E-state index in [9.17, 15) is 9.18 Å². The molecule has 0 spiro atoms. The van der Waals surface area contributed by atoms with Crippen molar-refractivity contribution >= 4 is 28.6 Å². The third kappa shape index (κ3) is 3.48. The van der Waals surface area contributed by atoms with Gasteiger partial charge in [-0.1, -0.05) is 11.6 Å². The zero-order chi connectivity index (χ0) is 22.2. The van der Waals surface area contributed by atoms with Crippen molar-refractivity contribution in [2.24, 2.45) is 0 Å². The largest absolute Gasteiger partial charge is 0.464 e. The quantitative estimate of drug-likeness (QED) is 0.388. The Balaban J connectivity index is 1.57. The zero-order valence-corrected chi connectivity index (χ0v) is 17.2. The van der Waals surface area contributed by atoms with Gasteiger partial charge in [0.05, 0.1) is 29.4 Å². The van der Waals surface area contributed by atoms with E-state index in [1.807, 2.05) is 0 Å². The van der Waals surface area contributed by atoms with Crippen LogP contribution >= 0.6 is 11.6 Å². The summed E-state index contributed by atoms with van der Waals surface area (Å²) in [6, 6.07) is 9.58. The van der Waals surface area contributed by atoms with E-state index in [1.54, 1.807) is 30.6 Å². The molecule has 4 heterocycles. The van der Waals surface area contributed by atoms with Crippen molar-refractivity contribution < 1.29 is 18.3 Å². The minimum atomic E-state index is -0.602. The fourth-order valence-corrected chi connectivity index (χ4v) is 3.42. The molecule has 8 nitrogen and oxygen atoms in total. The second-order valence-corrected chi connectivity index (χ2v) is 7.20. The second-order valence-electron chi connectivity index (χ2n) is 6.76. The molecule has 0 bridgehead atoms. The van der Waals surface area contributed by atoms with Crippen LogP contribution in [-0.2, 0) is 4.74 Å². The van der Waals surface area contributed by atoms with Crippen molar-refractivity contribution in [1.29, 1.82) is 0 Å². The molecule has 0 atom stereocenters. The van der Waals surface area contributed by atoms with Gasteiger partial charge in [0.15, 0.2) is 5.69 Å². The molecule has 0 aliphatic heterocycles. The highest BCUT2D eigenvalue weighted by Gasteiger charge is 2.18. The molecule has 5 rings (SSSR count). The lowest BCUT2D eigenvalue weighted by atomic mass is 10.0. The predicted octanol–water partition coefficient (Wildman–Crippen LogP) is 4.92. The van der Waals surface area contributed by atoms with E-state index in [1.165, 1.54) is 31.6 Å². The van der Waals surface area contributed by atoms with Crippen molar-refractivity contribution in [3.05, 3.63) is 71.6 Å². The topological polar surface area (TPSA) is 107 Å². The van der Waals surface area contributed by atoms with Gasteiger partial charge in [-0.25, -0.2) is 19.2 Å². The van der Waals surface area contributed by atoms with Crippen molar-refractivity contribution in [1.82, 2.24) is 25.1 Å². The number of ether oxygens (including phenoxy) is 1. The van der Waals surface area contributed by atoms with Gasteiger partial charge in [-0.15, -0.1) is 0 Å². The van der Waals surface area contributed by atoms with Crippen LogP contribution in [0.4, 0.5) is 4.39 Å². The average Bonchev–Trinajstić information content (AvgIpc) is 3.49. The predicted molar refractivity (Wildman–Crippen MR) is 114 cm³/mol. The van der Waals surface area contributed by atoms with E-state index in [0.717, 1.165) is 0 Å². The smallest absolute Gasteiger partial charge is 0.360 e. The number of H-pyrrole nitrogens is 1. The molecule has 0 radical (unpaired) electrons. The minimum absolute atomic E-state index is 0.0518. The third-order valence-corrected chi connectivity index (χ3v) is 5.02. The number of hydrogen-bond donors (Lipinski definition) is 1. The van der Waals surface area contributed by atoms with Gasteiger partial charge in [0.1, 0.15) is 17.8 Å². The van der Waals surface area contributed by atoms with Crippen molar-refractivity contribution in [3.63, 3.8) is 0 Å². The van der Waals surface area contributed by atoms with Crippen molar-refractivity contribution in [3.8, 4) is 34.0 Å². The molecule has 1 aromatic carbocycles. The summed E-state index contributed by atoms with van der Waals surface area (Å²) in [6.07, 6.45) is 4.42. The average molecular weight is 450 g/mol. The summed E-state index contributed by atoms with van der Waals surface area (Å²) in [7, 11) is 1.26. The number of aromatic nitrogens is 5. The Labute approximate surface area is 185 Å². The molecule has 158 valence electrons. The fourth-order valence-electron chi connectivity index (χ4n) is 3.25. The summed E-state index contributed by atoms with van der Waals surface area (Å²) >= 11 is 6.04. The first-order valence-electron chi connectivity index (χ1n) is 9.34. The molecular weight excluding hydrogens is 437 g/mol. The van der Waals surface area contributed by atoms with E-state index in [2.05, 4.69) is 29.9 Å². The molecule has 10 heteroatoms. The first-order chi connectivity index (χ1) is 15.5. The standard InChI is InChI=1S/C22H13ClFN5O3/c1-31-22(30)19-10-32-21(28-19)11-6-18-17(25-8-11)5-4-16(27-18)14-9-26-29-20(14)13-7-12(23)2-3-15(13)24/h2-10H,1H3,(H,26,29). The number of pyridine rings is 2. The second kappa shape index (κ2) is 7.86. The maximum atomic E-state index is 14.4.